The van der Waals surface area contributed by atoms with E-state index in [9.17, 15) is 4.79 Å². The third-order valence-corrected chi connectivity index (χ3v) is 4.22. The van der Waals surface area contributed by atoms with Gasteiger partial charge in [0.1, 0.15) is 0 Å². The zero-order valence-corrected chi connectivity index (χ0v) is 12.3. The first-order valence-electron chi connectivity index (χ1n) is 7.59. The highest BCUT2D eigenvalue weighted by molar-refractivity contribution is 5.76. The standard InChI is InChI=1S/C16H23N3O/c1-11(2)19-15-6-5-12(9-14(15)18-16(19)20)8-13-4-3-7-17-10-13/h5-6,9,11,13,17H,3-4,7-8,10H2,1-2H3,(H,18,20). The molecule has 0 spiro atoms. The maximum absolute atomic E-state index is 12.0. The first kappa shape index (κ1) is 13.4. The minimum absolute atomic E-state index is 0.00789. The second-order valence-corrected chi connectivity index (χ2v) is 6.16. The number of rotatable bonds is 3. The molecule has 1 saturated heterocycles. The number of nitrogens with zero attached hydrogens (tertiary/aromatic N) is 1. The Morgan fingerprint density at radius 3 is 2.95 bits per heavy atom. The van der Waals surface area contributed by atoms with Gasteiger partial charge in [0.15, 0.2) is 0 Å². The number of nitrogens with one attached hydrogen (secondary N) is 2. The van der Waals surface area contributed by atoms with E-state index in [2.05, 4.69) is 28.5 Å². The summed E-state index contributed by atoms with van der Waals surface area (Å²) in [5, 5.41) is 3.46. The summed E-state index contributed by atoms with van der Waals surface area (Å²) in [6, 6.07) is 6.58. The Morgan fingerprint density at radius 1 is 1.40 bits per heavy atom. The largest absolute Gasteiger partial charge is 0.326 e. The van der Waals surface area contributed by atoms with E-state index in [1.807, 2.05) is 18.4 Å². The molecule has 0 bridgehead atoms. The first-order valence-corrected chi connectivity index (χ1v) is 7.59. The Morgan fingerprint density at radius 2 is 2.25 bits per heavy atom. The quantitative estimate of drug-likeness (QED) is 0.902. The molecule has 0 saturated carbocycles. The lowest BCUT2D eigenvalue weighted by atomic mass is 9.92. The molecule has 1 unspecified atom stereocenters. The lowest BCUT2D eigenvalue weighted by molar-refractivity contribution is 0.376. The van der Waals surface area contributed by atoms with Gasteiger partial charge in [-0.2, -0.15) is 0 Å². The van der Waals surface area contributed by atoms with Gasteiger partial charge in [-0.1, -0.05) is 6.07 Å². The predicted octanol–water partition coefficient (Wildman–Crippen LogP) is 2.45. The Hall–Kier alpha value is -1.55. The molecule has 0 amide bonds. The smallest absolute Gasteiger partial charge is 0.316 e. The summed E-state index contributed by atoms with van der Waals surface area (Å²) < 4.78 is 1.82. The molecule has 1 aromatic heterocycles. The van der Waals surface area contributed by atoms with Crippen molar-refractivity contribution in [2.45, 2.75) is 39.2 Å². The molecule has 3 rings (SSSR count). The van der Waals surface area contributed by atoms with Crippen molar-refractivity contribution in [3.8, 4) is 0 Å². The van der Waals surface area contributed by atoms with Gasteiger partial charge in [0.05, 0.1) is 11.0 Å². The van der Waals surface area contributed by atoms with E-state index in [1.54, 1.807) is 0 Å². The molecule has 1 fully saturated rings. The minimum Gasteiger partial charge on any atom is -0.316 e. The van der Waals surface area contributed by atoms with Crippen LogP contribution in [0.4, 0.5) is 0 Å². The fraction of sp³-hybridized carbons (Fsp3) is 0.562. The van der Waals surface area contributed by atoms with Crippen LogP contribution in [0.1, 0.15) is 38.3 Å². The third kappa shape index (κ3) is 2.52. The van der Waals surface area contributed by atoms with Crippen molar-refractivity contribution < 1.29 is 0 Å². The molecule has 4 heteroatoms. The molecular weight excluding hydrogens is 250 g/mol. The fourth-order valence-electron chi connectivity index (χ4n) is 3.25. The van der Waals surface area contributed by atoms with Gasteiger partial charge < -0.3 is 10.3 Å². The molecule has 1 aliphatic heterocycles. The predicted molar refractivity (Wildman–Crippen MR) is 82.2 cm³/mol. The average Bonchev–Trinajstić information content (AvgIpc) is 2.75. The minimum atomic E-state index is -0.00789. The number of fused-ring (bicyclic) bond motifs is 1. The van der Waals surface area contributed by atoms with Gasteiger partial charge in [-0.25, -0.2) is 4.79 Å². The number of H-pyrrole nitrogens is 1. The van der Waals surface area contributed by atoms with Gasteiger partial charge in [-0.15, -0.1) is 0 Å². The van der Waals surface area contributed by atoms with E-state index >= 15 is 0 Å². The Balaban J connectivity index is 1.89. The summed E-state index contributed by atoms with van der Waals surface area (Å²) in [4.78, 5) is 15.0. The van der Waals surface area contributed by atoms with Crippen LogP contribution in [0, 0.1) is 5.92 Å². The van der Waals surface area contributed by atoms with Crippen molar-refractivity contribution in [3.05, 3.63) is 34.2 Å². The second kappa shape index (κ2) is 5.44. The third-order valence-electron chi connectivity index (χ3n) is 4.22. The zero-order chi connectivity index (χ0) is 14.1. The van der Waals surface area contributed by atoms with E-state index in [4.69, 9.17) is 0 Å². The molecular formula is C16H23N3O. The average molecular weight is 273 g/mol. The van der Waals surface area contributed by atoms with Crippen LogP contribution in [-0.2, 0) is 6.42 Å². The number of hydrogen-bond donors (Lipinski definition) is 2. The monoisotopic (exact) mass is 273 g/mol. The molecule has 2 heterocycles. The van der Waals surface area contributed by atoms with Crippen molar-refractivity contribution in [1.82, 2.24) is 14.9 Å². The van der Waals surface area contributed by atoms with Crippen LogP contribution in [0.3, 0.4) is 0 Å². The van der Waals surface area contributed by atoms with Gasteiger partial charge in [0.25, 0.3) is 0 Å². The number of aromatic nitrogens is 2. The van der Waals surface area contributed by atoms with Crippen LogP contribution in [0.2, 0.25) is 0 Å². The molecule has 0 radical (unpaired) electrons. The first-order chi connectivity index (χ1) is 9.65. The molecule has 0 aliphatic carbocycles. The van der Waals surface area contributed by atoms with Gasteiger partial charge in [0.2, 0.25) is 0 Å². The highest BCUT2D eigenvalue weighted by Gasteiger charge is 2.15. The van der Waals surface area contributed by atoms with Gasteiger partial charge in [0, 0.05) is 6.04 Å². The molecule has 4 nitrogen and oxygen atoms in total. The summed E-state index contributed by atoms with van der Waals surface area (Å²) in [6.45, 7) is 6.34. The Kier molecular flexibility index (Phi) is 3.66. The normalized spacial score (nSPS) is 19.9. The second-order valence-electron chi connectivity index (χ2n) is 6.16. The number of piperidine rings is 1. The maximum Gasteiger partial charge on any atom is 0.326 e. The summed E-state index contributed by atoms with van der Waals surface area (Å²) in [5.41, 5.74) is 3.29. The van der Waals surface area contributed by atoms with Gasteiger partial charge in [-0.05, 0) is 69.8 Å². The molecule has 2 N–H and O–H groups in total. The van der Waals surface area contributed by atoms with Crippen molar-refractivity contribution in [2.75, 3.05) is 13.1 Å². The summed E-state index contributed by atoms with van der Waals surface area (Å²) in [5.74, 6) is 0.722. The maximum atomic E-state index is 12.0. The number of aromatic amines is 1. The van der Waals surface area contributed by atoms with Crippen LogP contribution in [0.15, 0.2) is 23.0 Å². The topological polar surface area (TPSA) is 49.8 Å². The van der Waals surface area contributed by atoms with Crippen LogP contribution in [0.25, 0.3) is 11.0 Å². The van der Waals surface area contributed by atoms with Crippen LogP contribution in [-0.4, -0.2) is 22.6 Å². The molecule has 2 aromatic rings. The van der Waals surface area contributed by atoms with Crippen molar-refractivity contribution >= 4 is 11.0 Å². The van der Waals surface area contributed by atoms with Crippen LogP contribution in [0.5, 0.6) is 0 Å². The number of imidazole rings is 1. The molecule has 108 valence electrons. The van der Waals surface area contributed by atoms with Crippen molar-refractivity contribution in [2.24, 2.45) is 5.92 Å². The van der Waals surface area contributed by atoms with E-state index in [0.29, 0.717) is 0 Å². The lowest BCUT2D eigenvalue weighted by Gasteiger charge is -2.22. The number of hydrogen-bond acceptors (Lipinski definition) is 2. The van der Waals surface area contributed by atoms with Crippen LogP contribution >= 0.6 is 0 Å². The van der Waals surface area contributed by atoms with Crippen molar-refractivity contribution in [3.63, 3.8) is 0 Å². The summed E-state index contributed by atoms with van der Waals surface area (Å²) in [7, 11) is 0. The van der Waals surface area contributed by atoms with E-state index in [1.165, 1.54) is 18.4 Å². The van der Waals surface area contributed by atoms with E-state index < -0.39 is 0 Å². The zero-order valence-electron chi connectivity index (χ0n) is 12.3. The molecule has 1 atom stereocenters. The van der Waals surface area contributed by atoms with E-state index in [-0.39, 0.29) is 11.7 Å². The van der Waals surface area contributed by atoms with Crippen molar-refractivity contribution in [1.29, 1.82) is 0 Å². The lowest BCUT2D eigenvalue weighted by Crippen LogP contribution is -2.30. The van der Waals surface area contributed by atoms with Gasteiger partial charge in [-0.3, -0.25) is 4.57 Å². The number of benzene rings is 1. The molecule has 1 aromatic carbocycles. The van der Waals surface area contributed by atoms with E-state index in [0.717, 1.165) is 36.5 Å². The highest BCUT2D eigenvalue weighted by Crippen LogP contribution is 2.20. The fourth-order valence-corrected chi connectivity index (χ4v) is 3.25. The SMILES string of the molecule is CC(C)n1c(=O)[nH]c2cc(CC3CCCNC3)ccc21. The van der Waals surface area contributed by atoms with Gasteiger partial charge >= 0.3 is 5.69 Å². The molecule has 1 aliphatic rings. The Labute approximate surface area is 119 Å². The Bertz CT molecular complexity index is 647. The summed E-state index contributed by atoms with van der Waals surface area (Å²) >= 11 is 0. The summed E-state index contributed by atoms with van der Waals surface area (Å²) in [6.07, 6.45) is 3.67. The molecule has 20 heavy (non-hydrogen) atoms. The highest BCUT2D eigenvalue weighted by atomic mass is 16.1. The van der Waals surface area contributed by atoms with Crippen LogP contribution < -0.4 is 11.0 Å².